The zero-order chi connectivity index (χ0) is 17.6. The minimum absolute atomic E-state index is 0.226. The molecule has 0 amide bonds. The number of rotatable bonds is 6. The Bertz CT molecular complexity index is 834. The summed E-state index contributed by atoms with van der Waals surface area (Å²) in [4.78, 5) is 12.8. The van der Waals surface area contributed by atoms with Gasteiger partial charge in [-0.1, -0.05) is 34.8 Å². The molecule has 3 aromatic rings. The third-order valence-corrected chi connectivity index (χ3v) is 4.49. The molecule has 6 heteroatoms. The maximum absolute atomic E-state index is 13.1. The van der Waals surface area contributed by atoms with Crippen LogP contribution in [0.5, 0.6) is 0 Å². The summed E-state index contributed by atoms with van der Waals surface area (Å²) >= 11 is 0.984. The molecule has 0 fully saturated rings. The van der Waals surface area contributed by atoms with Crippen LogP contribution in [0, 0.1) is 5.82 Å². The quantitative estimate of drug-likeness (QED) is 0.609. The lowest BCUT2D eigenvalue weighted by molar-refractivity contribution is 0.0332. The Hall–Kier alpha value is -2.60. The van der Waals surface area contributed by atoms with E-state index in [1.807, 2.05) is 37.3 Å². The van der Waals surface area contributed by atoms with Crippen LogP contribution in [0.4, 0.5) is 4.39 Å². The van der Waals surface area contributed by atoms with Gasteiger partial charge in [-0.25, -0.2) is 9.18 Å². The molecule has 0 spiro atoms. The number of esters is 1. The van der Waals surface area contributed by atoms with Crippen molar-refractivity contribution in [1.82, 2.24) is 9.59 Å². The van der Waals surface area contributed by atoms with Gasteiger partial charge < -0.3 is 4.74 Å². The van der Waals surface area contributed by atoms with Crippen molar-refractivity contribution in [2.45, 2.75) is 25.9 Å². The molecule has 1 aromatic heterocycles. The van der Waals surface area contributed by atoms with Gasteiger partial charge in [-0.2, -0.15) is 0 Å². The Labute approximate surface area is 149 Å². The molecule has 0 saturated carbocycles. The van der Waals surface area contributed by atoms with E-state index in [2.05, 4.69) is 9.59 Å². The van der Waals surface area contributed by atoms with Crippen molar-refractivity contribution in [3.8, 4) is 11.3 Å². The van der Waals surface area contributed by atoms with Crippen molar-refractivity contribution in [2.75, 3.05) is 0 Å². The summed E-state index contributed by atoms with van der Waals surface area (Å²) in [7, 11) is 0. The molecule has 3 rings (SSSR count). The molecule has 128 valence electrons. The van der Waals surface area contributed by atoms with Gasteiger partial charge in [0.15, 0.2) is 4.88 Å². The first-order chi connectivity index (χ1) is 12.1. The molecule has 0 bridgehead atoms. The van der Waals surface area contributed by atoms with Crippen LogP contribution < -0.4 is 0 Å². The van der Waals surface area contributed by atoms with Crippen molar-refractivity contribution < 1.29 is 13.9 Å². The van der Waals surface area contributed by atoms with E-state index < -0.39 is 5.97 Å². The van der Waals surface area contributed by atoms with E-state index in [0.29, 0.717) is 16.1 Å². The van der Waals surface area contributed by atoms with Crippen molar-refractivity contribution in [3.63, 3.8) is 0 Å². The summed E-state index contributed by atoms with van der Waals surface area (Å²) < 4.78 is 22.4. The summed E-state index contributed by atoms with van der Waals surface area (Å²) in [6.45, 7) is 1.87. The number of carbonyl (C=O) groups excluding carboxylic acids is 1. The zero-order valence-corrected chi connectivity index (χ0v) is 14.5. The van der Waals surface area contributed by atoms with Gasteiger partial charge in [0.2, 0.25) is 0 Å². The molecule has 0 radical (unpaired) electrons. The molecule has 0 unspecified atom stereocenters. The molecule has 0 saturated heterocycles. The number of benzene rings is 2. The normalized spacial score (nSPS) is 11.9. The van der Waals surface area contributed by atoms with Crippen molar-refractivity contribution in [3.05, 3.63) is 70.9 Å². The Morgan fingerprint density at radius 3 is 2.60 bits per heavy atom. The topological polar surface area (TPSA) is 52.1 Å². The SMILES string of the molecule is C[C@H](CCc1ccccc1)OC(=O)c1snnc1-c1ccc(F)cc1. The van der Waals surface area contributed by atoms with Crippen LogP contribution in [-0.4, -0.2) is 21.7 Å². The predicted octanol–water partition coefficient (Wildman–Crippen LogP) is 4.52. The average Bonchev–Trinajstić information content (AvgIpc) is 3.11. The van der Waals surface area contributed by atoms with Crippen molar-refractivity contribution >= 4 is 17.5 Å². The highest BCUT2D eigenvalue weighted by Crippen LogP contribution is 2.25. The van der Waals surface area contributed by atoms with Gasteiger partial charge in [-0.3, -0.25) is 0 Å². The molecule has 0 aliphatic rings. The lowest BCUT2D eigenvalue weighted by atomic mass is 10.1. The number of hydrogen-bond acceptors (Lipinski definition) is 5. The number of aryl methyl sites for hydroxylation is 1. The van der Waals surface area contributed by atoms with Gasteiger partial charge in [-0.05, 0) is 61.1 Å². The van der Waals surface area contributed by atoms with Gasteiger partial charge in [0.1, 0.15) is 11.5 Å². The van der Waals surface area contributed by atoms with Crippen LogP contribution in [0.1, 0.15) is 28.6 Å². The molecular formula is C19H17FN2O2S. The summed E-state index contributed by atoms with van der Waals surface area (Å²) in [5.41, 5.74) is 2.26. The van der Waals surface area contributed by atoms with Crippen LogP contribution in [-0.2, 0) is 11.2 Å². The predicted molar refractivity (Wildman–Crippen MR) is 94.9 cm³/mol. The maximum Gasteiger partial charge on any atom is 0.352 e. The van der Waals surface area contributed by atoms with Gasteiger partial charge in [0, 0.05) is 5.56 Å². The highest BCUT2D eigenvalue weighted by Gasteiger charge is 2.21. The van der Waals surface area contributed by atoms with E-state index in [1.165, 1.54) is 17.7 Å². The highest BCUT2D eigenvalue weighted by molar-refractivity contribution is 7.08. The van der Waals surface area contributed by atoms with Gasteiger partial charge in [0.25, 0.3) is 0 Å². The minimum atomic E-state index is -0.449. The van der Waals surface area contributed by atoms with Crippen LogP contribution in [0.2, 0.25) is 0 Å². The third kappa shape index (κ3) is 4.48. The Morgan fingerprint density at radius 2 is 1.88 bits per heavy atom. The number of nitrogens with zero attached hydrogens (tertiary/aromatic N) is 2. The van der Waals surface area contributed by atoms with E-state index in [1.54, 1.807) is 12.1 Å². The number of halogens is 1. The van der Waals surface area contributed by atoms with Crippen LogP contribution >= 0.6 is 11.5 Å². The molecular weight excluding hydrogens is 339 g/mol. The summed E-state index contributed by atoms with van der Waals surface area (Å²) in [5, 5.41) is 3.98. The summed E-state index contributed by atoms with van der Waals surface area (Å²) in [6.07, 6.45) is 1.34. The fourth-order valence-corrected chi connectivity index (χ4v) is 3.00. The van der Waals surface area contributed by atoms with Crippen molar-refractivity contribution in [1.29, 1.82) is 0 Å². The largest absolute Gasteiger partial charge is 0.458 e. The van der Waals surface area contributed by atoms with Crippen molar-refractivity contribution in [2.24, 2.45) is 0 Å². The second-order valence-corrected chi connectivity index (χ2v) is 6.45. The Balaban J connectivity index is 1.63. The Morgan fingerprint density at radius 1 is 1.16 bits per heavy atom. The molecule has 4 nitrogen and oxygen atoms in total. The van der Waals surface area contributed by atoms with Crippen LogP contribution in [0.25, 0.3) is 11.3 Å². The van der Waals surface area contributed by atoms with Gasteiger partial charge >= 0.3 is 5.97 Å². The van der Waals surface area contributed by atoms with E-state index in [9.17, 15) is 9.18 Å². The molecule has 0 N–H and O–H groups in total. The minimum Gasteiger partial charge on any atom is -0.458 e. The number of aromatic nitrogens is 2. The average molecular weight is 356 g/mol. The monoisotopic (exact) mass is 356 g/mol. The third-order valence-electron chi connectivity index (χ3n) is 3.78. The molecule has 0 aliphatic heterocycles. The first-order valence-corrected chi connectivity index (χ1v) is 8.74. The van der Waals surface area contributed by atoms with Crippen LogP contribution in [0.3, 0.4) is 0 Å². The first-order valence-electron chi connectivity index (χ1n) is 7.96. The smallest absolute Gasteiger partial charge is 0.352 e. The Kier molecular flexibility index (Phi) is 5.50. The molecule has 0 aliphatic carbocycles. The first kappa shape index (κ1) is 17.2. The second-order valence-electron chi connectivity index (χ2n) is 5.70. The van der Waals surface area contributed by atoms with Crippen LogP contribution in [0.15, 0.2) is 54.6 Å². The number of carbonyl (C=O) groups is 1. The second kappa shape index (κ2) is 7.98. The number of ether oxygens (including phenoxy) is 1. The summed E-state index contributed by atoms with van der Waals surface area (Å²) in [5.74, 6) is -0.791. The molecule has 25 heavy (non-hydrogen) atoms. The van der Waals surface area contributed by atoms with Gasteiger partial charge in [0.05, 0.1) is 6.10 Å². The lowest BCUT2D eigenvalue weighted by Gasteiger charge is -2.12. The maximum atomic E-state index is 13.1. The van der Waals surface area contributed by atoms with Gasteiger partial charge in [-0.15, -0.1) is 5.10 Å². The summed E-state index contributed by atoms with van der Waals surface area (Å²) in [6, 6.07) is 15.8. The lowest BCUT2D eigenvalue weighted by Crippen LogP contribution is -2.15. The number of hydrogen-bond donors (Lipinski definition) is 0. The fourth-order valence-electron chi connectivity index (χ4n) is 2.43. The van der Waals surface area contributed by atoms with E-state index in [0.717, 1.165) is 24.4 Å². The molecule has 1 atom stereocenters. The highest BCUT2D eigenvalue weighted by atomic mass is 32.1. The zero-order valence-electron chi connectivity index (χ0n) is 13.7. The fraction of sp³-hybridized carbons (Fsp3) is 0.211. The standard InChI is InChI=1S/C19H17FN2O2S/c1-13(7-8-14-5-3-2-4-6-14)24-19(23)18-17(21-22-25-18)15-9-11-16(20)12-10-15/h2-6,9-13H,7-8H2,1H3/t13-/m1/s1. The molecule has 2 aromatic carbocycles. The van der Waals surface area contributed by atoms with E-state index in [4.69, 9.17) is 4.74 Å². The van der Waals surface area contributed by atoms with E-state index >= 15 is 0 Å². The van der Waals surface area contributed by atoms with E-state index in [-0.39, 0.29) is 11.9 Å². The molecule has 1 heterocycles.